The van der Waals surface area contributed by atoms with E-state index in [0.717, 1.165) is 16.2 Å². The second kappa shape index (κ2) is 5.97. The Morgan fingerprint density at radius 1 is 1.22 bits per heavy atom. The fourth-order valence-corrected chi connectivity index (χ4v) is 2.15. The van der Waals surface area contributed by atoms with Crippen LogP contribution in [0.2, 0.25) is 0 Å². The number of benzene rings is 1. The van der Waals surface area contributed by atoms with E-state index >= 15 is 0 Å². The van der Waals surface area contributed by atoms with Crippen LogP contribution in [0.3, 0.4) is 0 Å². The van der Waals surface area contributed by atoms with Crippen molar-refractivity contribution in [1.82, 2.24) is 5.43 Å². The van der Waals surface area contributed by atoms with E-state index < -0.39 is 6.09 Å². The van der Waals surface area contributed by atoms with Gasteiger partial charge in [0.2, 0.25) is 0 Å². The molecule has 0 unspecified atom stereocenters. The molecule has 5 heteroatoms. The van der Waals surface area contributed by atoms with E-state index in [1.165, 1.54) is 7.11 Å². The van der Waals surface area contributed by atoms with Crippen LogP contribution in [0.4, 0.5) is 4.79 Å². The third-order valence-corrected chi connectivity index (χ3v) is 3.12. The number of amides is 1. The first-order valence-corrected chi connectivity index (χ1v) is 6.20. The minimum atomic E-state index is -0.583. The lowest BCUT2D eigenvalue weighted by molar-refractivity contribution is 0.171. The maximum Gasteiger partial charge on any atom is 0.427 e. The van der Waals surface area contributed by atoms with Gasteiger partial charge in [0.1, 0.15) is 5.71 Å². The molecular weight excluding hydrogens is 248 g/mol. The summed E-state index contributed by atoms with van der Waals surface area (Å²) < 4.78 is 4.50. The maximum atomic E-state index is 11.1. The van der Waals surface area contributed by atoms with Crippen molar-refractivity contribution in [3.8, 4) is 0 Å². The van der Waals surface area contributed by atoms with Gasteiger partial charge in [-0.15, -0.1) is 11.3 Å². The first kappa shape index (κ1) is 12.3. The van der Waals surface area contributed by atoms with Gasteiger partial charge in [0, 0.05) is 5.56 Å². The van der Waals surface area contributed by atoms with Gasteiger partial charge in [-0.2, -0.15) is 5.10 Å². The van der Waals surface area contributed by atoms with E-state index in [-0.39, 0.29) is 0 Å². The summed E-state index contributed by atoms with van der Waals surface area (Å²) in [5, 5.41) is 6.07. The summed E-state index contributed by atoms with van der Waals surface area (Å²) in [4.78, 5) is 12.1. The lowest BCUT2D eigenvalue weighted by Gasteiger charge is -2.04. The highest BCUT2D eigenvalue weighted by Gasteiger charge is 2.08. The van der Waals surface area contributed by atoms with Crippen LogP contribution in [-0.4, -0.2) is 18.9 Å². The fourth-order valence-electron chi connectivity index (χ4n) is 1.42. The Balaban J connectivity index is 2.33. The molecule has 1 N–H and O–H groups in total. The van der Waals surface area contributed by atoms with Gasteiger partial charge in [0.25, 0.3) is 0 Å². The number of nitrogens with zero attached hydrogens (tertiary/aromatic N) is 1. The molecule has 0 fully saturated rings. The van der Waals surface area contributed by atoms with Crippen LogP contribution >= 0.6 is 11.3 Å². The Bertz CT molecular complexity index is 535. The Morgan fingerprint density at radius 3 is 2.61 bits per heavy atom. The third-order valence-electron chi connectivity index (χ3n) is 2.25. The second-order valence-electron chi connectivity index (χ2n) is 3.41. The van der Waals surface area contributed by atoms with Crippen LogP contribution in [0.1, 0.15) is 10.4 Å². The number of thiophene rings is 1. The predicted octanol–water partition coefficient (Wildman–Crippen LogP) is 2.86. The number of methoxy groups -OCH3 is 1. The quantitative estimate of drug-likeness (QED) is 0.681. The number of rotatable bonds is 3. The van der Waals surface area contributed by atoms with Crippen molar-refractivity contribution in [2.24, 2.45) is 5.10 Å². The Kier molecular flexibility index (Phi) is 4.09. The molecular formula is C13H12N2O2S. The zero-order valence-electron chi connectivity index (χ0n) is 9.79. The van der Waals surface area contributed by atoms with Crippen molar-refractivity contribution >= 4 is 23.1 Å². The van der Waals surface area contributed by atoms with Crippen molar-refractivity contribution < 1.29 is 9.53 Å². The third kappa shape index (κ3) is 2.95. The lowest BCUT2D eigenvalue weighted by atomic mass is 10.1. The molecule has 92 valence electrons. The van der Waals surface area contributed by atoms with Gasteiger partial charge in [-0.1, -0.05) is 36.4 Å². The standard InChI is InChI=1S/C13H12N2O2S/c1-17-13(16)15-14-12(11-8-5-9-18-11)10-6-3-2-4-7-10/h2-9H,1H3,(H,15,16). The summed E-state index contributed by atoms with van der Waals surface area (Å²) in [6.45, 7) is 0. The number of carbonyl (C=O) groups is 1. The predicted molar refractivity (Wildman–Crippen MR) is 71.9 cm³/mol. The minimum absolute atomic E-state index is 0.583. The fraction of sp³-hybridized carbons (Fsp3) is 0.0769. The molecule has 0 saturated heterocycles. The molecule has 0 radical (unpaired) electrons. The number of hydrogen-bond acceptors (Lipinski definition) is 4. The van der Waals surface area contributed by atoms with Gasteiger partial charge in [-0.3, -0.25) is 0 Å². The summed E-state index contributed by atoms with van der Waals surface area (Å²) in [5.74, 6) is 0. The van der Waals surface area contributed by atoms with Crippen molar-refractivity contribution in [3.63, 3.8) is 0 Å². The highest BCUT2D eigenvalue weighted by atomic mass is 32.1. The zero-order chi connectivity index (χ0) is 12.8. The number of ether oxygens (including phenoxy) is 1. The largest absolute Gasteiger partial charge is 0.452 e. The molecule has 18 heavy (non-hydrogen) atoms. The summed E-state index contributed by atoms with van der Waals surface area (Å²) in [7, 11) is 1.30. The summed E-state index contributed by atoms with van der Waals surface area (Å²) >= 11 is 1.56. The molecule has 0 saturated carbocycles. The van der Waals surface area contributed by atoms with Crippen molar-refractivity contribution in [2.75, 3.05) is 7.11 Å². The van der Waals surface area contributed by atoms with Crippen molar-refractivity contribution in [3.05, 3.63) is 58.3 Å². The van der Waals surface area contributed by atoms with Gasteiger partial charge < -0.3 is 4.74 Å². The summed E-state index contributed by atoms with van der Waals surface area (Å²) in [6, 6.07) is 13.6. The van der Waals surface area contributed by atoms with Crippen molar-refractivity contribution in [1.29, 1.82) is 0 Å². The van der Waals surface area contributed by atoms with Gasteiger partial charge in [0.15, 0.2) is 0 Å². The van der Waals surface area contributed by atoms with Crippen LogP contribution in [-0.2, 0) is 4.74 Å². The Hall–Kier alpha value is -2.14. The molecule has 0 aliphatic heterocycles. The number of nitrogens with one attached hydrogen (secondary N) is 1. The molecule has 0 bridgehead atoms. The van der Waals surface area contributed by atoms with E-state index in [9.17, 15) is 4.79 Å². The van der Waals surface area contributed by atoms with Gasteiger partial charge in [-0.25, -0.2) is 10.2 Å². The minimum Gasteiger partial charge on any atom is -0.452 e. The maximum absolute atomic E-state index is 11.1. The average molecular weight is 260 g/mol. The van der Waals surface area contributed by atoms with Crippen LogP contribution < -0.4 is 5.43 Å². The Labute approximate surface area is 109 Å². The molecule has 1 heterocycles. The van der Waals surface area contributed by atoms with Crippen LogP contribution in [0.5, 0.6) is 0 Å². The Morgan fingerprint density at radius 2 is 2.00 bits per heavy atom. The monoisotopic (exact) mass is 260 g/mol. The van der Waals surface area contributed by atoms with E-state index in [2.05, 4.69) is 15.3 Å². The topological polar surface area (TPSA) is 50.7 Å². The average Bonchev–Trinajstić information content (AvgIpc) is 2.94. The molecule has 0 spiro atoms. The van der Waals surface area contributed by atoms with Crippen LogP contribution in [0.15, 0.2) is 52.9 Å². The van der Waals surface area contributed by atoms with Gasteiger partial charge >= 0.3 is 6.09 Å². The van der Waals surface area contributed by atoms with E-state index in [4.69, 9.17) is 0 Å². The van der Waals surface area contributed by atoms with E-state index in [1.54, 1.807) is 11.3 Å². The zero-order valence-corrected chi connectivity index (χ0v) is 10.6. The second-order valence-corrected chi connectivity index (χ2v) is 4.35. The first-order chi connectivity index (χ1) is 8.81. The molecule has 1 amide bonds. The van der Waals surface area contributed by atoms with E-state index in [1.807, 2.05) is 47.8 Å². The molecule has 0 atom stereocenters. The molecule has 2 aromatic rings. The van der Waals surface area contributed by atoms with Gasteiger partial charge in [0.05, 0.1) is 12.0 Å². The molecule has 2 rings (SSSR count). The smallest absolute Gasteiger partial charge is 0.427 e. The number of hydrazone groups is 1. The highest BCUT2D eigenvalue weighted by molar-refractivity contribution is 7.12. The summed E-state index contributed by atoms with van der Waals surface area (Å²) in [5.41, 5.74) is 4.01. The number of carbonyl (C=O) groups excluding carboxylic acids is 1. The molecule has 0 aliphatic rings. The first-order valence-electron chi connectivity index (χ1n) is 5.32. The van der Waals surface area contributed by atoms with Crippen LogP contribution in [0, 0.1) is 0 Å². The molecule has 4 nitrogen and oxygen atoms in total. The van der Waals surface area contributed by atoms with E-state index in [0.29, 0.717) is 0 Å². The van der Waals surface area contributed by atoms with Crippen LogP contribution in [0.25, 0.3) is 0 Å². The molecule has 1 aromatic heterocycles. The van der Waals surface area contributed by atoms with Gasteiger partial charge in [-0.05, 0) is 11.4 Å². The normalized spacial score (nSPS) is 11.1. The number of hydrogen-bond donors (Lipinski definition) is 1. The lowest BCUT2D eigenvalue weighted by Crippen LogP contribution is -2.19. The molecule has 0 aliphatic carbocycles. The highest BCUT2D eigenvalue weighted by Crippen LogP contribution is 2.15. The summed E-state index contributed by atoms with van der Waals surface area (Å²) in [6.07, 6.45) is -0.583. The van der Waals surface area contributed by atoms with Crippen molar-refractivity contribution in [2.45, 2.75) is 0 Å². The SMILES string of the molecule is COC(=O)NN=C(c1ccccc1)c1cccs1. The molecule has 1 aromatic carbocycles.